The molecule has 0 unspecified atom stereocenters. The number of amides is 1. The van der Waals surface area contributed by atoms with Crippen LogP contribution in [0, 0.1) is 6.92 Å². The van der Waals surface area contributed by atoms with Crippen LogP contribution < -0.4 is 5.32 Å². The number of hydrogen-bond acceptors (Lipinski definition) is 1. The summed E-state index contributed by atoms with van der Waals surface area (Å²) in [5.41, 5.74) is 4.06. The van der Waals surface area contributed by atoms with E-state index >= 15 is 0 Å². The Kier molecular flexibility index (Phi) is 3.90. The van der Waals surface area contributed by atoms with Gasteiger partial charge < -0.3 is 9.88 Å². The number of nitrogens with one attached hydrogen (secondary N) is 1. The lowest BCUT2D eigenvalue weighted by atomic mass is 10.1. The number of aromatic nitrogens is 1. The van der Waals surface area contributed by atoms with Gasteiger partial charge >= 0.3 is 0 Å². The zero-order chi connectivity index (χ0) is 15.7. The van der Waals surface area contributed by atoms with E-state index in [1.807, 2.05) is 6.07 Å². The Morgan fingerprint density at radius 2 is 2.00 bits per heavy atom. The highest BCUT2D eigenvalue weighted by Gasteiger charge is 2.07. The van der Waals surface area contributed by atoms with Crippen molar-refractivity contribution in [3.05, 3.63) is 70.4 Å². The van der Waals surface area contributed by atoms with Crippen molar-refractivity contribution < 1.29 is 4.79 Å². The van der Waals surface area contributed by atoms with E-state index in [2.05, 4.69) is 42.1 Å². The third-order valence-corrected chi connectivity index (χ3v) is 4.12. The fourth-order valence-corrected chi connectivity index (χ4v) is 2.75. The molecule has 112 valence electrons. The summed E-state index contributed by atoms with van der Waals surface area (Å²) in [6, 6.07) is 15.3. The number of nitrogens with zero attached hydrogens (tertiary/aromatic N) is 1. The van der Waals surface area contributed by atoms with E-state index in [4.69, 9.17) is 11.6 Å². The van der Waals surface area contributed by atoms with Gasteiger partial charge in [-0.2, -0.15) is 0 Å². The molecule has 0 bridgehead atoms. The Morgan fingerprint density at radius 1 is 1.18 bits per heavy atom. The van der Waals surface area contributed by atoms with E-state index in [1.54, 1.807) is 24.3 Å². The molecule has 0 spiro atoms. The van der Waals surface area contributed by atoms with Crippen molar-refractivity contribution in [3.8, 4) is 0 Å². The van der Waals surface area contributed by atoms with E-state index in [9.17, 15) is 4.79 Å². The standard InChI is InChI=1S/C18H17ClN2O/c1-12-8-15-9-13(6-7-17(15)21(12)2)11-20-18(22)14-4-3-5-16(19)10-14/h3-10H,11H2,1-2H3,(H,20,22). The highest BCUT2D eigenvalue weighted by Crippen LogP contribution is 2.20. The van der Waals surface area contributed by atoms with Crippen molar-refractivity contribution in [2.24, 2.45) is 7.05 Å². The smallest absolute Gasteiger partial charge is 0.251 e. The van der Waals surface area contributed by atoms with Gasteiger partial charge in [-0.3, -0.25) is 4.79 Å². The summed E-state index contributed by atoms with van der Waals surface area (Å²) in [7, 11) is 2.05. The quantitative estimate of drug-likeness (QED) is 0.777. The van der Waals surface area contributed by atoms with Crippen LogP contribution in [0.4, 0.5) is 0 Å². The molecule has 0 radical (unpaired) electrons. The number of benzene rings is 2. The molecule has 1 N–H and O–H groups in total. The Labute approximate surface area is 134 Å². The molecule has 1 amide bonds. The summed E-state index contributed by atoms with van der Waals surface area (Å²) in [5.74, 6) is -0.119. The lowest BCUT2D eigenvalue weighted by Crippen LogP contribution is -2.22. The number of fused-ring (bicyclic) bond motifs is 1. The Hall–Kier alpha value is -2.26. The van der Waals surface area contributed by atoms with Gasteiger partial charge in [0, 0.05) is 40.8 Å². The van der Waals surface area contributed by atoms with Crippen LogP contribution in [0.3, 0.4) is 0 Å². The number of halogens is 1. The van der Waals surface area contributed by atoms with E-state index < -0.39 is 0 Å². The van der Waals surface area contributed by atoms with Gasteiger partial charge in [0.15, 0.2) is 0 Å². The van der Waals surface area contributed by atoms with Crippen LogP contribution in [0.1, 0.15) is 21.6 Å². The van der Waals surface area contributed by atoms with Gasteiger partial charge in [0.05, 0.1) is 0 Å². The molecular weight excluding hydrogens is 296 g/mol. The maximum absolute atomic E-state index is 12.1. The molecule has 3 nitrogen and oxygen atoms in total. The van der Waals surface area contributed by atoms with Crippen molar-refractivity contribution in [1.29, 1.82) is 0 Å². The van der Waals surface area contributed by atoms with E-state index in [0.717, 1.165) is 5.56 Å². The molecule has 0 fully saturated rings. The molecule has 0 aliphatic heterocycles. The third kappa shape index (κ3) is 2.85. The Bertz CT molecular complexity index is 851. The summed E-state index contributed by atoms with van der Waals surface area (Å²) in [5, 5.41) is 4.68. The molecule has 0 aliphatic carbocycles. The second-order valence-electron chi connectivity index (χ2n) is 5.43. The fraction of sp³-hybridized carbons (Fsp3) is 0.167. The normalized spacial score (nSPS) is 10.9. The largest absolute Gasteiger partial charge is 0.348 e. The second-order valence-corrected chi connectivity index (χ2v) is 5.87. The van der Waals surface area contributed by atoms with Crippen LogP contribution in [0.15, 0.2) is 48.5 Å². The first-order valence-corrected chi connectivity index (χ1v) is 7.51. The van der Waals surface area contributed by atoms with Gasteiger partial charge in [0.2, 0.25) is 0 Å². The van der Waals surface area contributed by atoms with Gasteiger partial charge in [0.1, 0.15) is 0 Å². The maximum Gasteiger partial charge on any atom is 0.251 e. The molecule has 1 heterocycles. The van der Waals surface area contributed by atoms with Gasteiger partial charge in [-0.05, 0) is 48.9 Å². The van der Waals surface area contributed by atoms with Crippen LogP contribution in [0.5, 0.6) is 0 Å². The Morgan fingerprint density at radius 3 is 2.77 bits per heavy atom. The summed E-state index contributed by atoms with van der Waals surface area (Å²) < 4.78 is 2.16. The molecule has 0 aliphatic rings. The van der Waals surface area contributed by atoms with Gasteiger partial charge in [0.25, 0.3) is 5.91 Å². The summed E-state index contributed by atoms with van der Waals surface area (Å²) in [4.78, 5) is 12.1. The number of carbonyl (C=O) groups excluding carboxylic acids is 1. The van der Waals surface area contributed by atoms with Crippen LogP contribution in [0.2, 0.25) is 5.02 Å². The van der Waals surface area contributed by atoms with Crippen LogP contribution in [-0.4, -0.2) is 10.5 Å². The minimum absolute atomic E-state index is 0.119. The molecule has 22 heavy (non-hydrogen) atoms. The summed E-state index contributed by atoms with van der Waals surface area (Å²) in [6.45, 7) is 2.58. The zero-order valence-corrected chi connectivity index (χ0v) is 13.3. The van der Waals surface area contributed by atoms with Crippen molar-refractivity contribution in [3.63, 3.8) is 0 Å². The first-order valence-electron chi connectivity index (χ1n) is 7.13. The van der Waals surface area contributed by atoms with E-state index in [0.29, 0.717) is 17.1 Å². The molecule has 3 aromatic rings. The SMILES string of the molecule is Cc1cc2cc(CNC(=O)c3cccc(Cl)c3)ccc2n1C. The predicted molar refractivity (Wildman–Crippen MR) is 90.3 cm³/mol. The molecule has 4 heteroatoms. The molecule has 1 aromatic heterocycles. The summed E-state index contributed by atoms with van der Waals surface area (Å²) in [6.07, 6.45) is 0. The Balaban J connectivity index is 1.75. The topological polar surface area (TPSA) is 34.0 Å². The highest BCUT2D eigenvalue weighted by molar-refractivity contribution is 6.30. The van der Waals surface area contributed by atoms with Crippen LogP contribution >= 0.6 is 11.6 Å². The van der Waals surface area contributed by atoms with Gasteiger partial charge in [-0.25, -0.2) is 0 Å². The average Bonchev–Trinajstić information content (AvgIpc) is 2.79. The third-order valence-electron chi connectivity index (χ3n) is 3.89. The van der Waals surface area contributed by atoms with Crippen molar-refractivity contribution >= 4 is 28.4 Å². The predicted octanol–water partition coefficient (Wildman–Crippen LogP) is 4.07. The molecular formula is C18H17ClN2O. The maximum atomic E-state index is 12.1. The monoisotopic (exact) mass is 312 g/mol. The number of aryl methyl sites for hydroxylation is 2. The zero-order valence-electron chi connectivity index (χ0n) is 12.6. The number of carbonyl (C=O) groups is 1. The van der Waals surface area contributed by atoms with E-state index in [-0.39, 0.29) is 5.91 Å². The minimum Gasteiger partial charge on any atom is -0.348 e. The molecule has 0 saturated heterocycles. The van der Waals surface area contributed by atoms with Gasteiger partial charge in [-0.15, -0.1) is 0 Å². The van der Waals surface area contributed by atoms with Crippen molar-refractivity contribution in [2.45, 2.75) is 13.5 Å². The lowest BCUT2D eigenvalue weighted by molar-refractivity contribution is 0.0951. The van der Waals surface area contributed by atoms with Gasteiger partial charge in [-0.1, -0.05) is 23.7 Å². The molecule has 2 aromatic carbocycles. The number of hydrogen-bond donors (Lipinski definition) is 1. The van der Waals surface area contributed by atoms with Crippen LogP contribution in [0.25, 0.3) is 10.9 Å². The second kappa shape index (κ2) is 5.85. The first kappa shape index (κ1) is 14.7. The number of rotatable bonds is 3. The van der Waals surface area contributed by atoms with Crippen molar-refractivity contribution in [1.82, 2.24) is 9.88 Å². The first-order chi connectivity index (χ1) is 10.5. The molecule has 0 saturated carbocycles. The fourth-order valence-electron chi connectivity index (χ4n) is 2.56. The molecule has 3 rings (SSSR count). The van der Waals surface area contributed by atoms with E-state index in [1.165, 1.54) is 16.6 Å². The minimum atomic E-state index is -0.119. The summed E-state index contributed by atoms with van der Waals surface area (Å²) >= 11 is 5.91. The lowest BCUT2D eigenvalue weighted by Gasteiger charge is -2.06. The highest BCUT2D eigenvalue weighted by atomic mass is 35.5. The average molecular weight is 313 g/mol. The molecule has 0 atom stereocenters. The van der Waals surface area contributed by atoms with Crippen molar-refractivity contribution in [2.75, 3.05) is 0 Å². The van der Waals surface area contributed by atoms with Crippen LogP contribution in [-0.2, 0) is 13.6 Å².